The Balaban J connectivity index is 2.08. The molecule has 0 saturated carbocycles. The van der Waals surface area contributed by atoms with Crippen molar-refractivity contribution in [1.82, 2.24) is 10.2 Å². The van der Waals surface area contributed by atoms with E-state index in [2.05, 4.69) is 15.5 Å². The van der Waals surface area contributed by atoms with Crippen LogP contribution in [0, 0.1) is 11.6 Å². The second-order valence-electron chi connectivity index (χ2n) is 3.29. The molecule has 1 aromatic carbocycles. The average molecular weight is 224 g/mol. The molecule has 0 aliphatic carbocycles. The molecule has 0 atom stereocenters. The van der Waals surface area contributed by atoms with Crippen LogP contribution in [0.25, 0.3) is 0 Å². The van der Waals surface area contributed by atoms with Crippen molar-refractivity contribution in [3.8, 4) is 0 Å². The average Bonchev–Trinajstić information content (AvgIpc) is 2.63. The lowest BCUT2D eigenvalue weighted by Gasteiger charge is -2.05. The van der Waals surface area contributed by atoms with E-state index in [1.54, 1.807) is 0 Å². The maximum atomic E-state index is 13.2. The smallest absolute Gasteiger partial charge is 0.142 e. The van der Waals surface area contributed by atoms with Gasteiger partial charge in [-0.05, 0) is 6.07 Å². The first kappa shape index (κ1) is 10.4. The van der Waals surface area contributed by atoms with Gasteiger partial charge >= 0.3 is 0 Å². The number of hydrogen-bond acceptors (Lipinski definition) is 3. The fourth-order valence-electron chi connectivity index (χ4n) is 1.29. The maximum Gasteiger partial charge on any atom is 0.142 e. The van der Waals surface area contributed by atoms with Crippen molar-refractivity contribution in [3.05, 3.63) is 41.6 Å². The van der Waals surface area contributed by atoms with Gasteiger partial charge in [-0.25, -0.2) is 8.78 Å². The SMILES string of the molecule is Nc1[nH]ncc1NCc1ccc(F)cc1F. The van der Waals surface area contributed by atoms with Crippen LogP contribution in [0.4, 0.5) is 20.3 Å². The molecule has 2 aromatic rings. The lowest BCUT2D eigenvalue weighted by Crippen LogP contribution is -2.03. The molecule has 4 nitrogen and oxygen atoms in total. The maximum absolute atomic E-state index is 13.2. The topological polar surface area (TPSA) is 66.7 Å². The number of aromatic amines is 1. The Hall–Kier alpha value is -2.11. The Kier molecular flexibility index (Phi) is 2.72. The molecule has 4 N–H and O–H groups in total. The van der Waals surface area contributed by atoms with Gasteiger partial charge in [0.25, 0.3) is 0 Å². The zero-order valence-corrected chi connectivity index (χ0v) is 8.30. The van der Waals surface area contributed by atoms with Crippen LogP contribution < -0.4 is 11.1 Å². The molecule has 16 heavy (non-hydrogen) atoms. The van der Waals surface area contributed by atoms with Crippen LogP contribution in [0.3, 0.4) is 0 Å². The minimum Gasteiger partial charge on any atom is -0.382 e. The van der Waals surface area contributed by atoms with Crippen molar-refractivity contribution in [2.24, 2.45) is 0 Å². The van der Waals surface area contributed by atoms with Gasteiger partial charge in [-0.3, -0.25) is 5.10 Å². The molecule has 0 unspecified atom stereocenters. The molecule has 1 aromatic heterocycles. The van der Waals surface area contributed by atoms with E-state index in [1.807, 2.05) is 0 Å². The molecular weight excluding hydrogens is 214 g/mol. The van der Waals surface area contributed by atoms with E-state index in [1.165, 1.54) is 18.3 Å². The van der Waals surface area contributed by atoms with Gasteiger partial charge < -0.3 is 11.1 Å². The van der Waals surface area contributed by atoms with Crippen molar-refractivity contribution in [2.75, 3.05) is 11.1 Å². The summed E-state index contributed by atoms with van der Waals surface area (Å²) in [4.78, 5) is 0. The van der Waals surface area contributed by atoms with Crippen molar-refractivity contribution in [1.29, 1.82) is 0 Å². The van der Waals surface area contributed by atoms with Gasteiger partial charge in [0.2, 0.25) is 0 Å². The number of nitrogen functional groups attached to an aromatic ring is 1. The van der Waals surface area contributed by atoms with Crippen molar-refractivity contribution in [2.45, 2.75) is 6.54 Å². The minimum atomic E-state index is -0.593. The molecule has 0 bridgehead atoms. The molecular formula is C10H10F2N4. The molecule has 0 radical (unpaired) electrons. The quantitative estimate of drug-likeness (QED) is 0.745. The zero-order chi connectivity index (χ0) is 11.5. The fraction of sp³-hybridized carbons (Fsp3) is 0.100. The van der Waals surface area contributed by atoms with Gasteiger partial charge in [0.15, 0.2) is 0 Å². The third-order valence-corrected chi connectivity index (χ3v) is 2.15. The van der Waals surface area contributed by atoms with E-state index in [-0.39, 0.29) is 6.54 Å². The van der Waals surface area contributed by atoms with E-state index < -0.39 is 11.6 Å². The molecule has 0 aliphatic rings. The minimum absolute atomic E-state index is 0.218. The highest BCUT2D eigenvalue weighted by Crippen LogP contribution is 2.16. The van der Waals surface area contributed by atoms with Gasteiger partial charge in [-0.1, -0.05) is 6.07 Å². The highest BCUT2D eigenvalue weighted by Gasteiger charge is 2.05. The predicted molar refractivity (Wildman–Crippen MR) is 56.7 cm³/mol. The summed E-state index contributed by atoms with van der Waals surface area (Å²) in [6.07, 6.45) is 1.50. The molecule has 0 saturated heterocycles. The van der Waals surface area contributed by atoms with E-state index in [0.29, 0.717) is 17.1 Å². The number of hydrogen-bond donors (Lipinski definition) is 3. The number of benzene rings is 1. The Labute approximate surface area is 90.5 Å². The predicted octanol–water partition coefficient (Wildman–Crippen LogP) is 1.88. The summed E-state index contributed by atoms with van der Waals surface area (Å²) in [5.41, 5.74) is 6.48. The molecule has 0 fully saturated rings. The first-order chi connectivity index (χ1) is 7.66. The van der Waals surface area contributed by atoms with Gasteiger partial charge in [0.05, 0.1) is 11.9 Å². The van der Waals surface area contributed by atoms with E-state index in [9.17, 15) is 8.78 Å². The number of nitrogens with zero attached hydrogens (tertiary/aromatic N) is 1. The number of nitrogens with one attached hydrogen (secondary N) is 2. The Bertz CT molecular complexity index is 495. The third-order valence-electron chi connectivity index (χ3n) is 2.15. The Morgan fingerprint density at radius 3 is 2.81 bits per heavy atom. The summed E-state index contributed by atoms with van der Waals surface area (Å²) in [6, 6.07) is 3.43. The first-order valence-electron chi connectivity index (χ1n) is 4.63. The number of nitrogens with two attached hydrogens (primary N) is 1. The molecule has 2 rings (SSSR count). The van der Waals surface area contributed by atoms with E-state index in [4.69, 9.17) is 5.73 Å². The first-order valence-corrected chi connectivity index (χ1v) is 4.63. The van der Waals surface area contributed by atoms with Gasteiger partial charge in [-0.2, -0.15) is 5.10 Å². The van der Waals surface area contributed by atoms with Crippen LogP contribution in [0.2, 0.25) is 0 Å². The van der Waals surface area contributed by atoms with Crippen LogP contribution in [-0.4, -0.2) is 10.2 Å². The summed E-state index contributed by atoms with van der Waals surface area (Å²) in [5, 5.41) is 9.13. The second kappa shape index (κ2) is 4.18. The normalized spacial score (nSPS) is 10.4. The van der Waals surface area contributed by atoms with Gasteiger partial charge in [-0.15, -0.1) is 0 Å². The molecule has 0 spiro atoms. The van der Waals surface area contributed by atoms with E-state index in [0.717, 1.165) is 6.07 Å². The molecule has 0 aliphatic heterocycles. The Morgan fingerprint density at radius 1 is 1.38 bits per heavy atom. The molecule has 0 amide bonds. The largest absolute Gasteiger partial charge is 0.382 e. The van der Waals surface area contributed by atoms with Crippen LogP contribution in [0.1, 0.15) is 5.56 Å². The standard InChI is InChI=1S/C10H10F2N4/c11-7-2-1-6(8(12)3-7)4-14-9-5-15-16-10(9)13/h1-3,5,14H,4H2,(H3,13,15,16). The summed E-state index contributed by atoms with van der Waals surface area (Å²) in [5.74, 6) is -0.804. The summed E-state index contributed by atoms with van der Waals surface area (Å²) >= 11 is 0. The van der Waals surface area contributed by atoms with Gasteiger partial charge in [0, 0.05) is 18.2 Å². The number of anilines is 2. The Morgan fingerprint density at radius 2 is 2.19 bits per heavy atom. The van der Waals surface area contributed by atoms with Crippen LogP contribution in [0.5, 0.6) is 0 Å². The van der Waals surface area contributed by atoms with Crippen LogP contribution >= 0.6 is 0 Å². The molecule has 6 heteroatoms. The number of halogens is 2. The van der Waals surface area contributed by atoms with E-state index >= 15 is 0 Å². The monoisotopic (exact) mass is 224 g/mol. The van der Waals surface area contributed by atoms with Crippen LogP contribution in [0.15, 0.2) is 24.4 Å². The second-order valence-corrected chi connectivity index (χ2v) is 3.29. The summed E-state index contributed by atoms with van der Waals surface area (Å²) < 4.78 is 25.9. The van der Waals surface area contributed by atoms with Crippen molar-refractivity contribution in [3.63, 3.8) is 0 Å². The third kappa shape index (κ3) is 2.10. The van der Waals surface area contributed by atoms with Crippen molar-refractivity contribution < 1.29 is 8.78 Å². The summed E-state index contributed by atoms with van der Waals surface area (Å²) in [6.45, 7) is 0.218. The lowest BCUT2D eigenvalue weighted by atomic mass is 10.2. The molecule has 1 heterocycles. The lowest BCUT2D eigenvalue weighted by molar-refractivity contribution is 0.574. The van der Waals surface area contributed by atoms with Crippen LogP contribution in [-0.2, 0) is 6.54 Å². The summed E-state index contributed by atoms with van der Waals surface area (Å²) in [7, 11) is 0. The molecule has 84 valence electrons. The van der Waals surface area contributed by atoms with Gasteiger partial charge in [0.1, 0.15) is 17.5 Å². The highest BCUT2D eigenvalue weighted by molar-refractivity contribution is 5.60. The number of aromatic nitrogens is 2. The zero-order valence-electron chi connectivity index (χ0n) is 8.30. The number of H-pyrrole nitrogens is 1. The fourth-order valence-corrected chi connectivity index (χ4v) is 1.29. The number of rotatable bonds is 3. The van der Waals surface area contributed by atoms with Crippen molar-refractivity contribution >= 4 is 11.5 Å². The highest BCUT2D eigenvalue weighted by atomic mass is 19.1.